The molecule has 0 aromatic rings. The first-order valence-corrected chi connectivity index (χ1v) is 4.41. The third-order valence-electron chi connectivity index (χ3n) is 0.407. The molecule has 58 valence electrons. The minimum absolute atomic E-state index is 0. The molecule has 2 nitrogen and oxygen atoms in total. The van der Waals surface area contributed by atoms with Gasteiger partial charge in [-0.25, -0.2) is 0 Å². The van der Waals surface area contributed by atoms with Crippen LogP contribution in [0.5, 0.6) is 0 Å². The average molecular weight is 343 g/mol. The molecule has 0 unspecified atom stereocenters. The van der Waals surface area contributed by atoms with Gasteiger partial charge >= 0.3 is 56.8 Å². The zero-order valence-electron chi connectivity index (χ0n) is 5.55. The van der Waals surface area contributed by atoms with Gasteiger partial charge in [0.25, 0.3) is 0 Å². The molecule has 0 saturated carbocycles. The van der Waals surface area contributed by atoms with Crippen LogP contribution < -0.4 is 0 Å². The van der Waals surface area contributed by atoms with E-state index in [0.717, 1.165) is 13.2 Å². The summed E-state index contributed by atoms with van der Waals surface area (Å²) in [5.41, 5.74) is 0. The molecule has 0 radical (unpaired) electrons. The molecule has 5 heteroatoms. The molecule has 9 heavy (non-hydrogen) atoms. The predicted octanol–water partition coefficient (Wildman–Crippen LogP) is 2.13. The fourth-order valence-corrected chi connectivity index (χ4v) is 0.944. The first-order valence-electron chi connectivity index (χ1n) is 2.40. The number of hydrogen-bond donors (Lipinski definition) is 0. The molecule has 0 spiro atoms. The van der Waals surface area contributed by atoms with Crippen molar-refractivity contribution in [3.63, 3.8) is 0 Å². The van der Waals surface area contributed by atoms with E-state index in [4.69, 9.17) is 5.63 Å². The third kappa shape index (κ3) is 17.7. The van der Waals surface area contributed by atoms with Gasteiger partial charge in [-0.05, 0) is 0 Å². The first kappa shape index (κ1) is 17.0. The minimum atomic E-state index is -0.819. The van der Waals surface area contributed by atoms with E-state index in [1.807, 2.05) is 13.8 Å². The summed E-state index contributed by atoms with van der Waals surface area (Å²) in [5, 5.41) is 0. The van der Waals surface area contributed by atoms with Crippen LogP contribution in [0.1, 0.15) is 13.8 Å². The number of hydrogen-bond acceptors (Lipinski definition) is 2. The van der Waals surface area contributed by atoms with E-state index in [1.54, 1.807) is 0 Å². The van der Waals surface area contributed by atoms with Crippen molar-refractivity contribution in [1.82, 2.24) is 0 Å². The van der Waals surface area contributed by atoms with Crippen molar-refractivity contribution < 1.29 is 29.7 Å². The van der Waals surface area contributed by atoms with E-state index in [2.05, 4.69) is 0 Å². The Bertz CT molecular complexity index is 35.7. The Morgan fingerprint density at radius 3 is 1.56 bits per heavy atom. The number of rotatable bonds is 4. The molecule has 0 fully saturated rings. The fraction of sp³-hybridized carbons (Fsp3) is 1.00. The fourth-order valence-electron chi connectivity index (χ4n) is 0.160. The van der Waals surface area contributed by atoms with Crippen LogP contribution in [0.15, 0.2) is 0 Å². The van der Waals surface area contributed by atoms with E-state index in [9.17, 15) is 0 Å². The Labute approximate surface area is 90.0 Å². The van der Waals surface area contributed by atoms with Gasteiger partial charge in [0.1, 0.15) is 0 Å². The maximum atomic E-state index is 5.02. The summed E-state index contributed by atoms with van der Waals surface area (Å²) in [4.78, 5) is 0. The summed E-state index contributed by atoms with van der Waals surface area (Å²) in [7, 11) is 0. The van der Waals surface area contributed by atoms with E-state index >= 15 is 0 Å². The quantitative estimate of drug-likeness (QED) is 0.728. The van der Waals surface area contributed by atoms with E-state index in [-0.39, 0.29) is 34.0 Å². The molecule has 0 N–H and O–H groups in total. The summed E-state index contributed by atoms with van der Waals surface area (Å²) >= 11 is -0.819. The monoisotopic (exact) mass is 340 g/mol. The van der Waals surface area contributed by atoms with Gasteiger partial charge in [-0.1, -0.05) is 0 Å². The molecule has 0 rings (SSSR count). The Balaban J connectivity index is -0.000000180. The van der Waals surface area contributed by atoms with Crippen LogP contribution in [0.4, 0.5) is 0 Å². The maximum absolute atomic E-state index is 5.02. The van der Waals surface area contributed by atoms with Crippen molar-refractivity contribution >= 4 is 34.0 Å². The average Bonchev–Trinajstić information content (AvgIpc) is 1.69. The van der Waals surface area contributed by atoms with Crippen LogP contribution in [0, 0.1) is 0 Å². The molecule has 0 heterocycles. The molecule has 0 saturated heterocycles. The van der Waals surface area contributed by atoms with Crippen LogP contribution in [0.3, 0.4) is 0 Å². The number of halogens is 2. The summed E-state index contributed by atoms with van der Waals surface area (Å²) in [6.45, 7) is 5.60. The van der Waals surface area contributed by atoms with Crippen LogP contribution in [-0.2, 0) is 29.7 Å². The van der Waals surface area contributed by atoms with Gasteiger partial charge in [0.2, 0.25) is 0 Å². The molecular formula is C4H12Br2O2Zr. The van der Waals surface area contributed by atoms with E-state index in [1.165, 1.54) is 0 Å². The van der Waals surface area contributed by atoms with Crippen molar-refractivity contribution in [3.8, 4) is 0 Å². The predicted molar refractivity (Wildman–Crippen MR) is 43.9 cm³/mol. The third-order valence-corrected chi connectivity index (χ3v) is 2.41. The first-order chi connectivity index (χ1) is 3.41. The Morgan fingerprint density at radius 1 is 1.00 bits per heavy atom. The normalized spacial score (nSPS) is 6.89. The van der Waals surface area contributed by atoms with Crippen molar-refractivity contribution in [2.75, 3.05) is 13.2 Å². The van der Waals surface area contributed by atoms with Gasteiger partial charge in [-0.2, -0.15) is 0 Å². The van der Waals surface area contributed by atoms with E-state index < -0.39 is 24.1 Å². The van der Waals surface area contributed by atoms with Crippen molar-refractivity contribution in [1.29, 1.82) is 0 Å². The Morgan fingerprint density at radius 2 is 1.33 bits per heavy atom. The Hall–Kier alpha value is 1.76. The summed E-state index contributed by atoms with van der Waals surface area (Å²) < 4.78 is 10.0. The van der Waals surface area contributed by atoms with Crippen molar-refractivity contribution in [2.45, 2.75) is 13.8 Å². The van der Waals surface area contributed by atoms with Crippen LogP contribution in [0.2, 0.25) is 0 Å². The summed E-state index contributed by atoms with van der Waals surface area (Å²) in [6.07, 6.45) is 0. The molecular weight excluding hydrogens is 331 g/mol. The molecule has 0 amide bonds. The molecule has 0 aliphatic heterocycles. The molecule has 0 aromatic heterocycles. The van der Waals surface area contributed by atoms with Gasteiger partial charge in [0.15, 0.2) is 0 Å². The molecule has 0 aromatic carbocycles. The van der Waals surface area contributed by atoms with Crippen LogP contribution >= 0.6 is 34.0 Å². The SMILES string of the molecule is Br.Br.CC[O][Zr][O]CC. The zero-order valence-corrected chi connectivity index (χ0v) is 11.4. The second kappa shape index (κ2) is 16.4. The summed E-state index contributed by atoms with van der Waals surface area (Å²) in [5.74, 6) is 0. The van der Waals surface area contributed by atoms with Crippen LogP contribution in [0.25, 0.3) is 0 Å². The van der Waals surface area contributed by atoms with Gasteiger partial charge in [-0.15, -0.1) is 34.0 Å². The van der Waals surface area contributed by atoms with Crippen molar-refractivity contribution in [2.24, 2.45) is 0 Å². The summed E-state index contributed by atoms with van der Waals surface area (Å²) in [6, 6.07) is 0. The molecule has 0 bridgehead atoms. The molecule has 0 aliphatic rings. The second-order valence-corrected chi connectivity index (χ2v) is 2.78. The molecule has 0 atom stereocenters. The van der Waals surface area contributed by atoms with E-state index in [0.29, 0.717) is 0 Å². The second-order valence-electron chi connectivity index (χ2n) is 0.949. The standard InChI is InChI=1S/2C2H5O.2BrH.Zr/c2*1-2-3;;;/h2*2H2,1H3;2*1H;/q2*-1;;;+2. The van der Waals surface area contributed by atoms with Gasteiger partial charge < -0.3 is 0 Å². The van der Waals surface area contributed by atoms with Gasteiger partial charge in [-0.3, -0.25) is 0 Å². The van der Waals surface area contributed by atoms with Gasteiger partial charge in [0, 0.05) is 0 Å². The topological polar surface area (TPSA) is 18.5 Å². The van der Waals surface area contributed by atoms with Gasteiger partial charge in [0.05, 0.1) is 0 Å². The van der Waals surface area contributed by atoms with Crippen LogP contribution in [-0.4, -0.2) is 13.2 Å². The van der Waals surface area contributed by atoms with Crippen molar-refractivity contribution in [3.05, 3.63) is 0 Å². The molecule has 0 aliphatic carbocycles. The Kier molecular flexibility index (Phi) is 31.0. The zero-order chi connectivity index (χ0) is 5.54.